The Hall–Kier alpha value is -3.79. The van der Waals surface area contributed by atoms with Crippen molar-refractivity contribution in [2.45, 2.75) is 31.7 Å². The van der Waals surface area contributed by atoms with E-state index in [0.29, 0.717) is 56.1 Å². The standard InChI is InChI=1S/C26H32FN7O2/c1-33-17-19(15-31-33)23-8-7-22(25(32-23)29-12-10-18-4-2-5-20(27)14-18)26(36)30-16-21-6-3-13-34(21)24(35)9-11-28/h2,4-5,7-8,14-15,17,21H,3,6,9-13,16,28H2,1H3,(H,29,32)(H,30,36)/t21-/m1/s1. The number of nitrogens with one attached hydrogen (secondary N) is 2. The number of benzene rings is 1. The van der Waals surface area contributed by atoms with Crippen LogP contribution in [-0.2, 0) is 18.3 Å². The predicted molar refractivity (Wildman–Crippen MR) is 136 cm³/mol. The first-order chi connectivity index (χ1) is 17.4. The van der Waals surface area contributed by atoms with Crippen LogP contribution >= 0.6 is 0 Å². The molecule has 36 heavy (non-hydrogen) atoms. The van der Waals surface area contributed by atoms with Gasteiger partial charge in [-0.15, -0.1) is 0 Å². The molecule has 0 radical (unpaired) electrons. The average molecular weight is 494 g/mol. The van der Waals surface area contributed by atoms with E-state index in [9.17, 15) is 14.0 Å². The van der Waals surface area contributed by atoms with Crippen molar-refractivity contribution in [2.24, 2.45) is 12.8 Å². The molecule has 4 N–H and O–H groups in total. The van der Waals surface area contributed by atoms with E-state index < -0.39 is 0 Å². The number of nitrogens with two attached hydrogens (primary N) is 1. The van der Waals surface area contributed by atoms with E-state index in [2.05, 4.69) is 15.7 Å². The van der Waals surface area contributed by atoms with Crippen LogP contribution in [0, 0.1) is 5.82 Å². The fraction of sp³-hybridized carbons (Fsp3) is 0.385. The number of aromatic nitrogens is 3. The maximum Gasteiger partial charge on any atom is 0.255 e. The number of aryl methyl sites for hydroxylation is 1. The van der Waals surface area contributed by atoms with Gasteiger partial charge >= 0.3 is 0 Å². The molecule has 190 valence electrons. The predicted octanol–water partition coefficient (Wildman–Crippen LogP) is 2.35. The lowest BCUT2D eigenvalue weighted by atomic mass is 10.1. The normalized spacial score (nSPS) is 15.2. The lowest BCUT2D eigenvalue weighted by Gasteiger charge is -2.25. The molecule has 3 heterocycles. The fourth-order valence-electron chi connectivity index (χ4n) is 4.46. The Morgan fingerprint density at radius 1 is 1.25 bits per heavy atom. The van der Waals surface area contributed by atoms with E-state index in [1.165, 1.54) is 12.1 Å². The van der Waals surface area contributed by atoms with Crippen molar-refractivity contribution < 1.29 is 14.0 Å². The Bertz CT molecular complexity index is 1210. The second-order valence-corrected chi connectivity index (χ2v) is 8.93. The average Bonchev–Trinajstić information content (AvgIpc) is 3.52. The summed E-state index contributed by atoms with van der Waals surface area (Å²) in [5.41, 5.74) is 8.31. The minimum atomic E-state index is -0.282. The van der Waals surface area contributed by atoms with Crippen molar-refractivity contribution in [1.29, 1.82) is 0 Å². The summed E-state index contributed by atoms with van der Waals surface area (Å²) in [6, 6.07) is 9.92. The molecule has 1 atom stereocenters. The van der Waals surface area contributed by atoms with Gasteiger partial charge in [0.1, 0.15) is 11.6 Å². The van der Waals surface area contributed by atoms with Crippen LogP contribution in [0.25, 0.3) is 11.3 Å². The zero-order valence-electron chi connectivity index (χ0n) is 20.4. The topological polar surface area (TPSA) is 118 Å². The largest absolute Gasteiger partial charge is 0.369 e. The zero-order valence-corrected chi connectivity index (χ0v) is 20.4. The molecule has 1 aliphatic rings. The number of hydrogen-bond acceptors (Lipinski definition) is 6. The smallest absolute Gasteiger partial charge is 0.255 e. The summed E-state index contributed by atoms with van der Waals surface area (Å²) in [6.07, 6.45) is 6.19. The maximum atomic E-state index is 13.5. The van der Waals surface area contributed by atoms with Gasteiger partial charge in [-0.2, -0.15) is 5.10 Å². The first-order valence-corrected chi connectivity index (χ1v) is 12.2. The lowest BCUT2D eigenvalue weighted by Crippen LogP contribution is -2.43. The molecule has 0 bridgehead atoms. The van der Waals surface area contributed by atoms with Crippen molar-refractivity contribution in [2.75, 3.05) is 31.5 Å². The second kappa shape index (κ2) is 11.8. The number of hydrogen-bond donors (Lipinski definition) is 3. The van der Waals surface area contributed by atoms with Crippen molar-refractivity contribution in [3.05, 3.63) is 65.7 Å². The molecule has 1 aromatic carbocycles. The van der Waals surface area contributed by atoms with Crippen molar-refractivity contribution in [3.8, 4) is 11.3 Å². The third-order valence-corrected chi connectivity index (χ3v) is 6.29. The SMILES string of the molecule is Cn1cc(-c2ccc(C(=O)NC[C@H]3CCCN3C(=O)CCN)c(NCCc3cccc(F)c3)n2)cn1. The highest BCUT2D eigenvalue weighted by Gasteiger charge is 2.28. The minimum Gasteiger partial charge on any atom is -0.369 e. The summed E-state index contributed by atoms with van der Waals surface area (Å²) >= 11 is 0. The van der Waals surface area contributed by atoms with Crippen molar-refractivity contribution in [3.63, 3.8) is 0 Å². The van der Waals surface area contributed by atoms with Crippen molar-refractivity contribution >= 4 is 17.6 Å². The van der Waals surface area contributed by atoms with E-state index in [1.807, 2.05) is 24.2 Å². The Kier molecular flexibility index (Phi) is 8.27. The van der Waals surface area contributed by atoms with Crippen LogP contribution in [0.1, 0.15) is 35.2 Å². The fourth-order valence-corrected chi connectivity index (χ4v) is 4.46. The van der Waals surface area contributed by atoms with Gasteiger partial charge in [-0.05, 0) is 49.1 Å². The number of carbonyl (C=O) groups is 2. The molecule has 10 heteroatoms. The Morgan fingerprint density at radius 3 is 2.86 bits per heavy atom. The van der Waals surface area contributed by atoms with Crippen LogP contribution in [0.5, 0.6) is 0 Å². The van der Waals surface area contributed by atoms with Crippen LogP contribution in [0.15, 0.2) is 48.8 Å². The molecule has 0 aliphatic carbocycles. The summed E-state index contributed by atoms with van der Waals surface area (Å²) < 4.78 is 15.2. The number of halogens is 1. The van der Waals surface area contributed by atoms with Crippen LogP contribution in [0.3, 0.4) is 0 Å². The molecule has 9 nitrogen and oxygen atoms in total. The first kappa shape index (κ1) is 25.3. The zero-order chi connectivity index (χ0) is 25.5. The van der Waals surface area contributed by atoms with E-state index in [4.69, 9.17) is 10.7 Å². The summed E-state index contributed by atoms with van der Waals surface area (Å²) in [4.78, 5) is 32.0. The quantitative estimate of drug-likeness (QED) is 0.399. The number of anilines is 1. The van der Waals surface area contributed by atoms with Gasteiger partial charge in [0.25, 0.3) is 5.91 Å². The van der Waals surface area contributed by atoms with Gasteiger partial charge in [-0.3, -0.25) is 14.3 Å². The Labute approximate surface area is 209 Å². The maximum absolute atomic E-state index is 13.5. The third-order valence-electron chi connectivity index (χ3n) is 6.29. The van der Waals surface area contributed by atoms with Crippen LogP contribution in [0.2, 0.25) is 0 Å². The van der Waals surface area contributed by atoms with Gasteiger partial charge in [0.05, 0.1) is 17.5 Å². The van der Waals surface area contributed by atoms with Gasteiger partial charge in [0.2, 0.25) is 5.91 Å². The molecule has 4 rings (SSSR count). The van der Waals surface area contributed by atoms with E-state index in [-0.39, 0.29) is 23.7 Å². The number of rotatable bonds is 10. The molecule has 0 saturated carbocycles. The van der Waals surface area contributed by atoms with E-state index >= 15 is 0 Å². The summed E-state index contributed by atoms with van der Waals surface area (Å²) in [5.74, 6) is -0.0917. The Balaban J connectivity index is 1.48. The van der Waals surface area contributed by atoms with Crippen molar-refractivity contribution in [1.82, 2.24) is 25.0 Å². The number of carbonyl (C=O) groups excluding carboxylic acids is 2. The minimum absolute atomic E-state index is 0.0245. The van der Waals surface area contributed by atoms with Crippen LogP contribution in [-0.4, -0.2) is 63.7 Å². The van der Waals surface area contributed by atoms with Gasteiger partial charge in [0, 0.05) is 57.4 Å². The highest BCUT2D eigenvalue weighted by atomic mass is 19.1. The van der Waals surface area contributed by atoms with E-state index in [0.717, 1.165) is 24.0 Å². The molecule has 1 saturated heterocycles. The first-order valence-electron chi connectivity index (χ1n) is 12.2. The monoisotopic (exact) mass is 493 g/mol. The van der Waals surface area contributed by atoms with Gasteiger partial charge in [0.15, 0.2) is 0 Å². The van der Waals surface area contributed by atoms with Gasteiger partial charge < -0.3 is 21.3 Å². The molecule has 2 aromatic heterocycles. The molecular formula is C26H32FN7O2. The highest BCUT2D eigenvalue weighted by Crippen LogP contribution is 2.22. The van der Waals surface area contributed by atoms with Gasteiger partial charge in [-0.1, -0.05) is 12.1 Å². The van der Waals surface area contributed by atoms with Crippen LogP contribution < -0.4 is 16.4 Å². The highest BCUT2D eigenvalue weighted by molar-refractivity contribution is 5.99. The molecule has 0 spiro atoms. The summed E-state index contributed by atoms with van der Waals surface area (Å²) in [7, 11) is 1.83. The lowest BCUT2D eigenvalue weighted by molar-refractivity contribution is -0.131. The molecule has 1 aliphatic heterocycles. The molecule has 2 amide bonds. The number of nitrogens with zero attached hydrogens (tertiary/aromatic N) is 4. The van der Waals surface area contributed by atoms with E-state index in [1.54, 1.807) is 29.1 Å². The number of amides is 2. The van der Waals surface area contributed by atoms with Crippen LogP contribution in [0.4, 0.5) is 10.2 Å². The third kappa shape index (κ3) is 6.25. The number of likely N-dealkylation sites (tertiary alicyclic amines) is 1. The van der Waals surface area contributed by atoms with Gasteiger partial charge in [-0.25, -0.2) is 9.37 Å². The molecule has 3 aromatic rings. The summed E-state index contributed by atoms with van der Waals surface area (Å²) in [6.45, 7) is 1.83. The summed E-state index contributed by atoms with van der Waals surface area (Å²) in [5, 5.41) is 10.4. The molecule has 1 fully saturated rings. The molecular weight excluding hydrogens is 461 g/mol. The second-order valence-electron chi connectivity index (χ2n) is 8.93. The Morgan fingerprint density at radius 2 is 2.11 bits per heavy atom. The number of pyridine rings is 1. The molecule has 0 unspecified atom stereocenters.